The zero-order chi connectivity index (χ0) is 39.9. The molecule has 282 valence electrons. The van der Waals surface area contributed by atoms with Crippen molar-refractivity contribution in [3.63, 3.8) is 0 Å². The Balaban J connectivity index is 0.000000228. The van der Waals surface area contributed by atoms with E-state index < -0.39 is 29.6 Å². The molecule has 0 saturated heterocycles. The van der Waals surface area contributed by atoms with Crippen molar-refractivity contribution in [3.05, 3.63) is 143 Å². The molecule has 0 aliphatic rings. The second-order valence-electron chi connectivity index (χ2n) is 13.8. The van der Waals surface area contributed by atoms with E-state index in [1.165, 1.54) is 0 Å². The van der Waals surface area contributed by atoms with Gasteiger partial charge in [-0.2, -0.15) is 0 Å². The normalized spacial score (nSPS) is 10.9. The topological polar surface area (TPSA) is 137 Å². The van der Waals surface area contributed by atoms with Crippen molar-refractivity contribution in [2.45, 2.75) is 54.1 Å². The zero-order valence-corrected chi connectivity index (χ0v) is 31.8. The number of carbonyl (C=O) groups excluding carboxylic acids is 4. The Bertz CT molecular complexity index is 2380. The van der Waals surface area contributed by atoms with Crippen molar-refractivity contribution >= 4 is 45.5 Å². The van der Waals surface area contributed by atoms with Gasteiger partial charge in [0.2, 0.25) is 0 Å². The first kappa shape index (κ1) is 39.5. The number of carbonyl (C=O) groups is 4. The van der Waals surface area contributed by atoms with Crippen molar-refractivity contribution in [3.8, 4) is 23.0 Å². The van der Waals surface area contributed by atoms with Gasteiger partial charge in [0.25, 0.3) is 0 Å². The molecule has 1 amide bonds. The molecular weight excluding hydrogens is 698 g/mol. The number of aromatic hydroxyl groups is 1. The molecule has 6 aromatic rings. The lowest BCUT2D eigenvalue weighted by atomic mass is 9.99. The van der Waals surface area contributed by atoms with Crippen molar-refractivity contribution in [2.75, 3.05) is 6.54 Å². The summed E-state index contributed by atoms with van der Waals surface area (Å²) in [6.45, 7) is 12.1. The highest BCUT2D eigenvalue weighted by molar-refractivity contribution is 6.01. The molecule has 0 saturated carbocycles. The van der Waals surface area contributed by atoms with Gasteiger partial charge in [-0.3, -0.25) is 0 Å². The van der Waals surface area contributed by atoms with Gasteiger partial charge < -0.3 is 29.4 Å². The molecule has 0 aromatic heterocycles. The van der Waals surface area contributed by atoms with Crippen LogP contribution in [0.25, 0.3) is 21.5 Å². The first-order valence-electron chi connectivity index (χ1n) is 17.6. The summed E-state index contributed by atoms with van der Waals surface area (Å²) in [6, 6.07) is 32.1. The molecule has 10 heteroatoms. The highest BCUT2D eigenvalue weighted by Gasteiger charge is 2.23. The third kappa shape index (κ3) is 9.47. The quantitative estimate of drug-likeness (QED) is 0.121. The van der Waals surface area contributed by atoms with E-state index in [1.54, 1.807) is 101 Å². The molecule has 2 N–H and O–H groups in total. The maximum atomic E-state index is 12.7. The van der Waals surface area contributed by atoms with Gasteiger partial charge in [0.05, 0.1) is 11.1 Å². The van der Waals surface area contributed by atoms with E-state index in [4.69, 9.17) is 18.9 Å². The number of fused-ring (bicyclic) bond motifs is 2. The smallest absolute Gasteiger partial charge is 0.408 e. The Morgan fingerprint density at radius 2 is 0.891 bits per heavy atom. The molecule has 0 aliphatic carbocycles. The van der Waals surface area contributed by atoms with Crippen LogP contribution in [0.15, 0.2) is 109 Å². The number of phenolic OH excluding ortho intramolecular Hbond substituents is 1. The minimum atomic E-state index is -0.708. The zero-order valence-electron chi connectivity index (χ0n) is 31.8. The van der Waals surface area contributed by atoms with E-state index in [0.29, 0.717) is 55.7 Å². The third-order valence-corrected chi connectivity index (χ3v) is 8.75. The summed E-state index contributed by atoms with van der Waals surface area (Å²) in [7, 11) is 0. The minimum Gasteiger partial charge on any atom is -0.507 e. The summed E-state index contributed by atoms with van der Waals surface area (Å²) in [4.78, 5) is 49.3. The van der Waals surface area contributed by atoms with Crippen LogP contribution in [0.2, 0.25) is 0 Å². The predicted octanol–water partition coefficient (Wildman–Crippen LogP) is 9.49. The molecule has 6 aromatic carbocycles. The number of nitrogens with one attached hydrogen (secondary N) is 1. The minimum absolute atomic E-state index is 0.229. The van der Waals surface area contributed by atoms with Crippen LogP contribution in [0.4, 0.5) is 4.79 Å². The number of esters is 3. The van der Waals surface area contributed by atoms with Gasteiger partial charge in [-0.25, -0.2) is 19.2 Å². The van der Waals surface area contributed by atoms with E-state index in [0.717, 1.165) is 16.5 Å². The molecule has 55 heavy (non-hydrogen) atoms. The Morgan fingerprint density at radius 1 is 0.527 bits per heavy atom. The molecule has 6 rings (SSSR count). The van der Waals surface area contributed by atoms with Crippen molar-refractivity contribution in [1.29, 1.82) is 0 Å². The number of alkyl carbamates (subject to hydrolysis) is 1. The molecule has 0 bridgehead atoms. The number of hydrogen-bond donors (Lipinski definition) is 2. The number of benzene rings is 6. The van der Waals surface area contributed by atoms with Gasteiger partial charge >= 0.3 is 24.0 Å². The lowest BCUT2D eigenvalue weighted by molar-refractivity contribution is -0.133. The van der Waals surface area contributed by atoms with Crippen LogP contribution in [0.3, 0.4) is 0 Å². The van der Waals surface area contributed by atoms with Crippen molar-refractivity contribution < 1.29 is 43.2 Å². The average molecular weight is 742 g/mol. The van der Waals surface area contributed by atoms with E-state index in [1.807, 2.05) is 56.3 Å². The number of hydrogen-bond acceptors (Lipinski definition) is 9. The number of phenols is 1. The SMILES string of the molecule is Cc1c(C)c(OC(=O)c2ccccc2)c2ccccc2c1O.Cc1c(C)c(OC(=O)c2ccccc2)c2ccccc2c1OC(=O)CNC(=O)OC(C)(C)C. The van der Waals surface area contributed by atoms with Gasteiger partial charge in [0.15, 0.2) is 0 Å². The van der Waals surface area contributed by atoms with E-state index in [-0.39, 0.29) is 12.3 Å². The lowest BCUT2D eigenvalue weighted by Gasteiger charge is -2.20. The largest absolute Gasteiger partial charge is 0.507 e. The second kappa shape index (κ2) is 17.0. The van der Waals surface area contributed by atoms with Gasteiger partial charge in [0.1, 0.15) is 35.1 Å². The highest BCUT2D eigenvalue weighted by Crippen LogP contribution is 2.41. The van der Waals surface area contributed by atoms with Gasteiger partial charge in [-0.1, -0.05) is 84.9 Å². The highest BCUT2D eigenvalue weighted by atomic mass is 16.6. The number of ether oxygens (including phenoxy) is 4. The summed E-state index contributed by atoms with van der Waals surface area (Å²) in [5.74, 6) is -0.0503. The molecule has 0 unspecified atom stereocenters. The van der Waals surface area contributed by atoms with Gasteiger partial charge in [-0.15, -0.1) is 0 Å². The molecule has 10 nitrogen and oxygen atoms in total. The van der Waals surface area contributed by atoms with Crippen molar-refractivity contribution in [2.24, 2.45) is 0 Å². The fraction of sp³-hybridized carbons (Fsp3) is 0.200. The van der Waals surface area contributed by atoms with Crippen LogP contribution >= 0.6 is 0 Å². The van der Waals surface area contributed by atoms with Crippen LogP contribution in [0.1, 0.15) is 63.7 Å². The molecule has 0 aliphatic heterocycles. The van der Waals surface area contributed by atoms with Gasteiger partial charge in [-0.05, 0) is 95.0 Å². The first-order chi connectivity index (χ1) is 26.2. The lowest BCUT2D eigenvalue weighted by Crippen LogP contribution is -2.36. The summed E-state index contributed by atoms with van der Waals surface area (Å²) in [5.41, 5.74) is 3.05. The maximum Gasteiger partial charge on any atom is 0.408 e. The van der Waals surface area contributed by atoms with E-state index >= 15 is 0 Å². The summed E-state index contributed by atoms with van der Waals surface area (Å²) < 4.78 is 22.1. The molecule has 0 radical (unpaired) electrons. The Morgan fingerprint density at radius 3 is 1.33 bits per heavy atom. The molecular formula is C45H43NO9. The van der Waals surface area contributed by atoms with E-state index in [9.17, 15) is 24.3 Å². The maximum absolute atomic E-state index is 12.7. The summed E-state index contributed by atoms with van der Waals surface area (Å²) >= 11 is 0. The molecule has 0 atom stereocenters. The standard InChI is InChI=1S/C26H27NO6.C19H16O3/c1-16-17(2)23(32-24(29)18-11-7-6-8-12-18)20-14-10-9-13-19(20)22(16)31-21(28)15-27-25(30)33-26(3,4)5;1-12-13(2)18(16-11-7-6-10-15(16)17(12)20)22-19(21)14-8-4-3-5-9-14/h6-14H,15H2,1-5H3,(H,27,30);3-11,20H,1-2H3. The Kier molecular flexibility index (Phi) is 12.2. The number of amides is 1. The molecule has 0 fully saturated rings. The molecule has 0 spiro atoms. The fourth-order valence-electron chi connectivity index (χ4n) is 5.72. The Labute approximate surface area is 319 Å². The van der Waals surface area contributed by atoms with Crippen molar-refractivity contribution in [1.82, 2.24) is 5.32 Å². The van der Waals surface area contributed by atoms with Gasteiger partial charge in [0, 0.05) is 21.5 Å². The predicted molar refractivity (Wildman–Crippen MR) is 211 cm³/mol. The third-order valence-electron chi connectivity index (χ3n) is 8.75. The fourth-order valence-corrected chi connectivity index (χ4v) is 5.72. The molecule has 0 heterocycles. The Hall–Kier alpha value is -6.68. The summed E-state index contributed by atoms with van der Waals surface area (Å²) in [5, 5.41) is 15.3. The van der Waals surface area contributed by atoms with Crippen LogP contribution in [-0.4, -0.2) is 41.3 Å². The van der Waals surface area contributed by atoms with Crippen LogP contribution in [0.5, 0.6) is 23.0 Å². The van der Waals surface area contributed by atoms with Crippen LogP contribution < -0.4 is 19.5 Å². The van der Waals surface area contributed by atoms with E-state index in [2.05, 4.69) is 5.32 Å². The average Bonchev–Trinajstić information content (AvgIpc) is 3.18. The van der Waals surface area contributed by atoms with Crippen LogP contribution in [0, 0.1) is 27.7 Å². The summed E-state index contributed by atoms with van der Waals surface area (Å²) in [6.07, 6.45) is -0.708. The van der Waals surface area contributed by atoms with Crippen LogP contribution in [-0.2, 0) is 9.53 Å². The number of rotatable bonds is 7. The monoisotopic (exact) mass is 741 g/mol. The second-order valence-corrected chi connectivity index (χ2v) is 13.8. The first-order valence-corrected chi connectivity index (χ1v) is 17.6.